The van der Waals surface area contributed by atoms with E-state index in [1.54, 1.807) is 24.3 Å². The van der Waals surface area contributed by atoms with E-state index < -0.39 is 0 Å². The van der Waals surface area contributed by atoms with Crippen molar-refractivity contribution in [2.75, 3.05) is 33.0 Å². The fourth-order valence-corrected chi connectivity index (χ4v) is 3.81. The molecule has 2 aliphatic heterocycles. The van der Waals surface area contributed by atoms with Gasteiger partial charge in [-0.25, -0.2) is 0 Å². The van der Waals surface area contributed by atoms with Crippen LogP contribution in [0.1, 0.15) is 37.0 Å². The van der Waals surface area contributed by atoms with Gasteiger partial charge in [0.15, 0.2) is 17.3 Å². The molecule has 0 amide bonds. The molecule has 0 unspecified atom stereocenters. The van der Waals surface area contributed by atoms with E-state index in [1.165, 1.54) is 12.8 Å². The van der Waals surface area contributed by atoms with Crippen LogP contribution in [0.15, 0.2) is 30.5 Å². The maximum atomic E-state index is 12.4. The highest BCUT2D eigenvalue weighted by molar-refractivity contribution is 6.04. The van der Waals surface area contributed by atoms with Gasteiger partial charge in [-0.15, -0.1) is 12.4 Å². The number of benzene rings is 1. The number of nitrogens with zero attached hydrogens (tertiary/aromatic N) is 2. The van der Waals surface area contributed by atoms with E-state index in [4.69, 9.17) is 9.47 Å². The Morgan fingerprint density at radius 1 is 1.12 bits per heavy atom. The lowest BCUT2D eigenvalue weighted by Gasteiger charge is -2.44. The number of allylic oxidation sites excluding steroid dienone is 1. The van der Waals surface area contributed by atoms with Crippen molar-refractivity contribution in [3.63, 3.8) is 0 Å². The van der Waals surface area contributed by atoms with Crippen LogP contribution in [0, 0.1) is 5.92 Å². The van der Waals surface area contributed by atoms with Gasteiger partial charge in [0, 0.05) is 49.6 Å². The summed E-state index contributed by atoms with van der Waals surface area (Å²) in [6.45, 7) is 9.04. The third-order valence-electron chi connectivity index (χ3n) is 5.80. The quantitative estimate of drug-likeness (QED) is 0.580. The van der Waals surface area contributed by atoms with Crippen LogP contribution in [0.4, 0.5) is 0 Å². The van der Waals surface area contributed by atoms with Crippen LogP contribution in [0.3, 0.4) is 0 Å². The standard InChI is InChI=1S/C20H26N2O3.ClH/c1-20(2,16-4-5-16)22-11-9-21(10-12-22)8-7-17(23)15-3-6-18-19(13-15)25-14-24-18;/h3,6-8,13,16H,4-5,9-12,14H2,1-2H3;1H. The summed E-state index contributed by atoms with van der Waals surface area (Å²) in [7, 11) is 0. The smallest absolute Gasteiger partial charge is 0.231 e. The molecule has 0 N–H and O–H groups in total. The summed E-state index contributed by atoms with van der Waals surface area (Å²) in [4.78, 5) is 17.2. The Hall–Kier alpha value is -1.72. The van der Waals surface area contributed by atoms with Gasteiger partial charge in [-0.1, -0.05) is 0 Å². The zero-order chi connectivity index (χ0) is 17.4. The summed E-state index contributed by atoms with van der Waals surface area (Å²) < 4.78 is 10.6. The van der Waals surface area contributed by atoms with Crippen LogP contribution in [0.2, 0.25) is 0 Å². The Bertz CT molecular complexity index is 692. The van der Waals surface area contributed by atoms with Gasteiger partial charge in [-0.3, -0.25) is 9.69 Å². The lowest BCUT2D eigenvalue weighted by Crippen LogP contribution is -2.54. The van der Waals surface area contributed by atoms with E-state index in [0.29, 0.717) is 22.6 Å². The molecule has 142 valence electrons. The number of carbonyl (C=O) groups excluding carboxylic acids is 1. The molecule has 1 aliphatic carbocycles. The summed E-state index contributed by atoms with van der Waals surface area (Å²) >= 11 is 0. The highest BCUT2D eigenvalue weighted by atomic mass is 35.5. The molecular formula is C20H27ClN2O3. The Morgan fingerprint density at radius 2 is 1.81 bits per heavy atom. The van der Waals surface area contributed by atoms with Crippen LogP contribution in [0.5, 0.6) is 11.5 Å². The topological polar surface area (TPSA) is 42.0 Å². The summed E-state index contributed by atoms with van der Waals surface area (Å²) in [5.41, 5.74) is 0.951. The van der Waals surface area contributed by atoms with E-state index in [-0.39, 0.29) is 25.0 Å². The van der Waals surface area contributed by atoms with Gasteiger partial charge in [0.05, 0.1) is 0 Å². The molecule has 26 heavy (non-hydrogen) atoms. The minimum Gasteiger partial charge on any atom is -0.454 e. The van der Waals surface area contributed by atoms with E-state index in [1.807, 2.05) is 6.20 Å². The maximum Gasteiger partial charge on any atom is 0.231 e. The summed E-state index contributed by atoms with van der Waals surface area (Å²) in [5, 5.41) is 0. The zero-order valence-electron chi connectivity index (χ0n) is 15.4. The van der Waals surface area contributed by atoms with Crippen molar-refractivity contribution < 1.29 is 14.3 Å². The second-order valence-electron chi connectivity index (χ2n) is 7.70. The summed E-state index contributed by atoms with van der Waals surface area (Å²) in [6.07, 6.45) is 6.35. The second-order valence-corrected chi connectivity index (χ2v) is 7.70. The van der Waals surface area contributed by atoms with E-state index >= 15 is 0 Å². The molecule has 2 fully saturated rings. The molecule has 1 saturated heterocycles. The summed E-state index contributed by atoms with van der Waals surface area (Å²) in [5.74, 6) is 2.21. The first-order chi connectivity index (χ1) is 12.0. The maximum absolute atomic E-state index is 12.4. The third-order valence-corrected chi connectivity index (χ3v) is 5.80. The molecule has 1 saturated carbocycles. The lowest BCUT2D eigenvalue weighted by molar-refractivity contribution is 0.0542. The minimum absolute atomic E-state index is 0. The highest BCUT2D eigenvalue weighted by Crippen LogP contribution is 2.43. The normalized spacial score (nSPS) is 20.3. The third kappa shape index (κ3) is 3.84. The van der Waals surface area contributed by atoms with Crippen molar-refractivity contribution in [3.05, 3.63) is 36.0 Å². The number of carbonyl (C=O) groups is 1. The van der Waals surface area contributed by atoms with Gasteiger partial charge in [0.25, 0.3) is 0 Å². The Balaban J connectivity index is 0.00000196. The fourth-order valence-electron chi connectivity index (χ4n) is 3.81. The number of ether oxygens (including phenoxy) is 2. The molecule has 3 aliphatic rings. The zero-order valence-corrected chi connectivity index (χ0v) is 16.3. The lowest BCUT2D eigenvalue weighted by atomic mass is 9.95. The van der Waals surface area contributed by atoms with Crippen molar-refractivity contribution in [3.8, 4) is 11.5 Å². The predicted molar refractivity (Wildman–Crippen MR) is 103 cm³/mol. The van der Waals surface area contributed by atoms with Gasteiger partial charge in [0.2, 0.25) is 6.79 Å². The van der Waals surface area contributed by atoms with Crippen molar-refractivity contribution in [2.24, 2.45) is 5.92 Å². The Kier molecular flexibility index (Phi) is 5.49. The molecule has 5 nitrogen and oxygen atoms in total. The monoisotopic (exact) mass is 378 g/mol. The largest absolute Gasteiger partial charge is 0.454 e. The van der Waals surface area contributed by atoms with Gasteiger partial charge in [-0.05, 0) is 50.8 Å². The van der Waals surface area contributed by atoms with Crippen LogP contribution in [0.25, 0.3) is 0 Å². The van der Waals surface area contributed by atoms with E-state index in [2.05, 4.69) is 23.6 Å². The first kappa shape index (κ1) is 19.1. The molecule has 1 aromatic carbocycles. The molecule has 4 rings (SSSR count). The SMILES string of the molecule is CC(C)(C1CC1)N1CCN(C=CC(=O)c2ccc3c(c2)OCO3)CC1.Cl. The summed E-state index contributed by atoms with van der Waals surface area (Å²) in [6, 6.07) is 5.34. The number of piperazine rings is 1. The van der Waals surface area contributed by atoms with Crippen molar-refractivity contribution in [1.29, 1.82) is 0 Å². The average molecular weight is 379 g/mol. The van der Waals surface area contributed by atoms with Gasteiger partial charge < -0.3 is 14.4 Å². The van der Waals surface area contributed by atoms with E-state index in [0.717, 1.165) is 32.1 Å². The van der Waals surface area contributed by atoms with Crippen molar-refractivity contribution >= 4 is 18.2 Å². The van der Waals surface area contributed by atoms with Gasteiger partial charge in [0.1, 0.15) is 0 Å². The number of hydrogen-bond acceptors (Lipinski definition) is 5. The van der Waals surface area contributed by atoms with E-state index in [9.17, 15) is 4.79 Å². The van der Waals surface area contributed by atoms with Crippen LogP contribution >= 0.6 is 12.4 Å². The number of hydrogen-bond donors (Lipinski definition) is 0. The number of fused-ring (bicyclic) bond motifs is 1. The molecule has 0 radical (unpaired) electrons. The van der Waals surface area contributed by atoms with Crippen molar-refractivity contribution in [2.45, 2.75) is 32.2 Å². The molecule has 0 atom stereocenters. The predicted octanol–water partition coefficient (Wildman–Crippen LogP) is 3.34. The molecule has 0 spiro atoms. The number of ketones is 1. The minimum atomic E-state index is -0.000889. The molecular weight excluding hydrogens is 352 g/mol. The molecule has 0 aromatic heterocycles. The van der Waals surface area contributed by atoms with Gasteiger partial charge in [-0.2, -0.15) is 0 Å². The Morgan fingerprint density at radius 3 is 2.50 bits per heavy atom. The second kappa shape index (κ2) is 7.49. The Labute approximate surface area is 161 Å². The molecule has 0 bridgehead atoms. The first-order valence-electron chi connectivity index (χ1n) is 9.15. The van der Waals surface area contributed by atoms with Crippen LogP contribution in [-0.4, -0.2) is 54.1 Å². The average Bonchev–Trinajstić information content (AvgIpc) is 3.39. The number of halogens is 1. The molecule has 6 heteroatoms. The van der Waals surface area contributed by atoms with Gasteiger partial charge >= 0.3 is 0 Å². The van der Waals surface area contributed by atoms with Crippen LogP contribution < -0.4 is 9.47 Å². The van der Waals surface area contributed by atoms with Crippen LogP contribution in [-0.2, 0) is 0 Å². The first-order valence-corrected chi connectivity index (χ1v) is 9.15. The highest BCUT2D eigenvalue weighted by Gasteiger charge is 2.42. The molecule has 2 heterocycles. The fraction of sp³-hybridized carbons (Fsp3) is 0.550. The molecule has 1 aromatic rings. The number of rotatable bonds is 5. The van der Waals surface area contributed by atoms with Crippen molar-refractivity contribution in [1.82, 2.24) is 9.80 Å².